The van der Waals surface area contributed by atoms with Gasteiger partial charge in [-0.15, -0.1) is 0 Å². The first-order valence-corrected chi connectivity index (χ1v) is 11.9. The molecule has 2 aliphatic carbocycles. The number of rotatable bonds is 6. The van der Waals surface area contributed by atoms with Crippen molar-refractivity contribution in [1.82, 2.24) is 15.3 Å². The molecule has 7 nitrogen and oxygen atoms in total. The zero-order valence-corrected chi connectivity index (χ0v) is 19.6. The number of nitrogens with one attached hydrogen (secondary N) is 3. The standard InChI is InChI=1S/C25H36N6O/c1-17-8-4-6-10-21(17)29-25(32)26-16-18-12-14-19(15-13-18)27-24-28-22-11-7-5-9-20(22)23(30-24)31(2)3/h4,6,8,10,18-19H,5,7,9,11-16H2,1-3H3,(H2,26,29,32)(H,27,28,30)/t18-,19+. The highest BCUT2D eigenvalue weighted by Crippen LogP contribution is 2.30. The summed E-state index contributed by atoms with van der Waals surface area (Å²) in [4.78, 5) is 24.1. The maximum atomic E-state index is 12.3. The fourth-order valence-electron chi connectivity index (χ4n) is 4.82. The SMILES string of the molecule is Cc1ccccc1NC(=O)NC[C@H]1CC[C@@H](Nc2nc3c(c(N(C)C)n2)CCCC3)CC1. The van der Waals surface area contributed by atoms with Gasteiger partial charge in [0.25, 0.3) is 0 Å². The van der Waals surface area contributed by atoms with Gasteiger partial charge in [-0.2, -0.15) is 4.98 Å². The number of amides is 2. The first kappa shape index (κ1) is 22.4. The molecule has 0 atom stereocenters. The van der Waals surface area contributed by atoms with Crippen molar-refractivity contribution in [2.45, 2.75) is 64.3 Å². The Balaban J connectivity index is 1.26. The van der Waals surface area contributed by atoms with Crippen molar-refractivity contribution >= 4 is 23.5 Å². The second kappa shape index (κ2) is 10.2. The smallest absolute Gasteiger partial charge is 0.319 e. The minimum absolute atomic E-state index is 0.127. The Morgan fingerprint density at radius 2 is 1.81 bits per heavy atom. The lowest BCUT2D eigenvalue weighted by atomic mass is 9.86. The van der Waals surface area contributed by atoms with Gasteiger partial charge in [0.15, 0.2) is 0 Å². The van der Waals surface area contributed by atoms with E-state index in [4.69, 9.17) is 9.97 Å². The van der Waals surface area contributed by atoms with Gasteiger partial charge in [0, 0.05) is 37.9 Å². The topological polar surface area (TPSA) is 82.2 Å². The van der Waals surface area contributed by atoms with Crippen LogP contribution in [-0.2, 0) is 12.8 Å². The molecule has 1 fully saturated rings. The molecule has 2 aliphatic rings. The van der Waals surface area contributed by atoms with Crippen LogP contribution in [0, 0.1) is 12.8 Å². The van der Waals surface area contributed by atoms with E-state index in [1.807, 2.05) is 31.2 Å². The van der Waals surface area contributed by atoms with Gasteiger partial charge in [-0.1, -0.05) is 18.2 Å². The summed E-state index contributed by atoms with van der Waals surface area (Å²) in [5, 5.41) is 9.60. The average molecular weight is 437 g/mol. The number of aromatic nitrogens is 2. The van der Waals surface area contributed by atoms with Crippen LogP contribution in [0.25, 0.3) is 0 Å². The fraction of sp³-hybridized carbons (Fsp3) is 0.560. The van der Waals surface area contributed by atoms with Gasteiger partial charge in [-0.3, -0.25) is 0 Å². The Hall–Kier alpha value is -2.83. The van der Waals surface area contributed by atoms with E-state index < -0.39 is 0 Å². The molecule has 0 unspecified atom stereocenters. The number of aryl methyl sites for hydroxylation is 2. The molecule has 0 spiro atoms. The van der Waals surface area contributed by atoms with Crippen LogP contribution in [-0.4, -0.2) is 42.7 Å². The summed E-state index contributed by atoms with van der Waals surface area (Å²) in [7, 11) is 4.13. The minimum Gasteiger partial charge on any atom is -0.362 e. The summed E-state index contributed by atoms with van der Waals surface area (Å²) in [6.07, 6.45) is 8.90. The number of nitrogens with zero attached hydrogens (tertiary/aromatic N) is 3. The van der Waals surface area contributed by atoms with Gasteiger partial charge in [-0.05, 0) is 75.8 Å². The van der Waals surface area contributed by atoms with Gasteiger partial charge in [-0.25, -0.2) is 9.78 Å². The Morgan fingerprint density at radius 3 is 2.56 bits per heavy atom. The number of carbonyl (C=O) groups is 1. The molecule has 0 saturated heterocycles. The molecule has 2 amide bonds. The number of urea groups is 1. The molecule has 1 heterocycles. The van der Waals surface area contributed by atoms with Gasteiger partial charge < -0.3 is 20.9 Å². The summed E-state index contributed by atoms with van der Waals surface area (Å²) >= 11 is 0. The Kier molecular flexibility index (Phi) is 7.12. The third kappa shape index (κ3) is 5.50. The van der Waals surface area contributed by atoms with E-state index in [0.717, 1.165) is 61.5 Å². The van der Waals surface area contributed by atoms with Crippen LogP contribution in [0.4, 0.5) is 22.2 Å². The van der Waals surface area contributed by atoms with E-state index in [-0.39, 0.29) is 6.03 Å². The van der Waals surface area contributed by atoms with Crippen molar-refractivity contribution in [3.05, 3.63) is 41.1 Å². The number of carbonyl (C=O) groups excluding carboxylic acids is 1. The third-order valence-electron chi connectivity index (χ3n) is 6.71. The van der Waals surface area contributed by atoms with E-state index in [1.165, 1.54) is 24.1 Å². The van der Waals surface area contributed by atoms with E-state index in [9.17, 15) is 4.79 Å². The number of fused-ring (bicyclic) bond motifs is 1. The molecule has 0 bridgehead atoms. The summed E-state index contributed by atoms with van der Waals surface area (Å²) in [6.45, 7) is 2.71. The molecule has 1 aromatic heterocycles. The van der Waals surface area contributed by atoms with E-state index >= 15 is 0 Å². The average Bonchev–Trinajstić information content (AvgIpc) is 2.79. The first-order valence-electron chi connectivity index (χ1n) is 11.9. The molecular formula is C25H36N6O. The predicted octanol–water partition coefficient (Wildman–Crippen LogP) is 4.52. The highest BCUT2D eigenvalue weighted by molar-refractivity contribution is 5.89. The number of benzene rings is 1. The molecule has 1 aromatic carbocycles. The van der Waals surface area contributed by atoms with Gasteiger partial charge in [0.2, 0.25) is 5.95 Å². The molecule has 172 valence electrons. The van der Waals surface area contributed by atoms with Gasteiger partial charge in [0.05, 0.1) is 5.69 Å². The Morgan fingerprint density at radius 1 is 1.06 bits per heavy atom. The molecule has 0 aliphatic heterocycles. The summed E-state index contributed by atoms with van der Waals surface area (Å²) in [5.74, 6) is 2.35. The highest BCUT2D eigenvalue weighted by Gasteiger charge is 2.24. The van der Waals surface area contributed by atoms with Crippen LogP contribution in [0.3, 0.4) is 0 Å². The molecule has 7 heteroatoms. The van der Waals surface area contributed by atoms with Crippen LogP contribution in [0.5, 0.6) is 0 Å². The lowest BCUT2D eigenvalue weighted by Crippen LogP contribution is -2.36. The van der Waals surface area contributed by atoms with Crippen LogP contribution >= 0.6 is 0 Å². The van der Waals surface area contributed by atoms with E-state index in [0.29, 0.717) is 18.5 Å². The van der Waals surface area contributed by atoms with Crippen molar-refractivity contribution in [3.63, 3.8) is 0 Å². The van der Waals surface area contributed by atoms with Crippen molar-refractivity contribution in [1.29, 1.82) is 0 Å². The zero-order valence-electron chi connectivity index (χ0n) is 19.6. The molecule has 2 aromatic rings. The zero-order chi connectivity index (χ0) is 22.5. The summed E-state index contributed by atoms with van der Waals surface area (Å²) in [6, 6.07) is 8.10. The number of hydrogen-bond acceptors (Lipinski definition) is 5. The first-order chi connectivity index (χ1) is 15.5. The van der Waals surface area contributed by atoms with Gasteiger partial charge in [0.1, 0.15) is 5.82 Å². The van der Waals surface area contributed by atoms with Crippen LogP contribution < -0.4 is 20.9 Å². The van der Waals surface area contributed by atoms with E-state index in [1.54, 1.807) is 0 Å². The van der Waals surface area contributed by atoms with Crippen molar-refractivity contribution in [2.24, 2.45) is 5.92 Å². The molecule has 32 heavy (non-hydrogen) atoms. The number of para-hydroxylation sites is 1. The second-order valence-corrected chi connectivity index (χ2v) is 9.41. The van der Waals surface area contributed by atoms with Crippen LogP contribution in [0.2, 0.25) is 0 Å². The van der Waals surface area contributed by atoms with Gasteiger partial charge >= 0.3 is 6.03 Å². The maximum Gasteiger partial charge on any atom is 0.319 e. The summed E-state index contributed by atoms with van der Waals surface area (Å²) < 4.78 is 0. The lowest BCUT2D eigenvalue weighted by Gasteiger charge is -2.30. The normalized spacial score (nSPS) is 20.2. The maximum absolute atomic E-state index is 12.3. The monoisotopic (exact) mass is 436 g/mol. The molecule has 4 rings (SSSR count). The second-order valence-electron chi connectivity index (χ2n) is 9.41. The molecule has 1 saturated carbocycles. The number of hydrogen-bond donors (Lipinski definition) is 3. The van der Waals surface area contributed by atoms with Crippen LogP contribution in [0.15, 0.2) is 24.3 Å². The Bertz CT molecular complexity index is 936. The van der Waals surface area contributed by atoms with Crippen molar-refractivity contribution in [3.8, 4) is 0 Å². The third-order valence-corrected chi connectivity index (χ3v) is 6.71. The van der Waals surface area contributed by atoms with E-state index in [2.05, 4.69) is 34.9 Å². The predicted molar refractivity (Wildman–Crippen MR) is 131 cm³/mol. The molecular weight excluding hydrogens is 400 g/mol. The van der Waals surface area contributed by atoms with Crippen molar-refractivity contribution < 1.29 is 4.79 Å². The minimum atomic E-state index is -0.127. The quantitative estimate of drug-likeness (QED) is 0.620. The largest absolute Gasteiger partial charge is 0.362 e. The number of anilines is 3. The Labute approximate surface area is 191 Å². The lowest BCUT2D eigenvalue weighted by molar-refractivity contribution is 0.246. The molecule has 0 radical (unpaired) electrons. The van der Waals surface area contributed by atoms with Crippen LogP contribution in [0.1, 0.15) is 55.3 Å². The van der Waals surface area contributed by atoms with Crippen molar-refractivity contribution in [2.75, 3.05) is 36.2 Å². The summed E-state index contributed by atoms with van der Waals surface area (Å²) in [5.41, 5.74) is 4.47. The molecule has 3 N–H and O–H groups in total. The fourth-order valence-corrected chi connectivity index (χ4v) is 4.82. The highest BCUT2D eigenvalue weighted by atomic mass is 16.2.